The first kappa shape index (κ1) is 17.3. The Morgan fingerprint density at radius 2 is 1.92 bits per heavy atom. The van der Waals surface area contributed by atoms with E-state index in [9.17, 15) is 14.4 Å². The number of aromatic nitrogens is 2. The number of hydrogen-bond acceptors (Lipinski definition) is 5. The number of carbonyl (C=O) groups is 2. The molecule has 1 heterocycles. The van der Waals surface area contributed by atoms with Crippen LogP contribution in [0.3, 0.4) is 0 Å². The van der Waals surface area contributed by atoms with E-state index in [0.717, 1.165) is 5.56 Å². The quantitative estimate of drug-likeness (QED) is 0.680. The van der Waals surface area contributed by atoms with Crippen molar-refractivity contribution in [3.63, 3.8) is 0 Å². The molecule has 0 saturated heterocycles. The second-order valence-corrected chi connectivity index (χ2v) is 5.68. The standard InChI is InChI=1S/C19H17N3O4/c1-26-19(25)13-7-8-14-15(9-13)21-16(22-18(14)24)10-17(23)20-11-12-5-3-2-4-6-12/h2-9H,10-11H2,1H3,(H,20,23)(H,21,22,24). The monoisotopic (exact) mass is 351 g/mol. The Morgan fingerprint density at radius 1 is 1.15 bits per heavy atom. The third-order valence-electron chi connectivity index (χ3n) is 3.84. The minimum Gasteiger partial charge on any atom is -0.465 e. The Hall–Kier alpha value is -3.48. The van der Waals surface area contributed by atoms with Gasteiger partial charge < -0.3 is 15.0 Å². The zero-order valence-corrected chi connectivity index (χ0v) is 14.1. The number of nitrogens with one attached hydrogen (secondary N) is 2. The van der Waals surface area contributed by atoms with E-state index in [1.807, 2.05) is 30.3 Å². The molecule has 26 heavy (non-hydrogen) atoms. The van der Waals surface area contributed by atoms with Gasteiger partial charge in [0, 0.05) is 6.54 Å². The van der Waals surface area contributed by atoms with E-state index in [1.54, 1.807) is 0 Å². The van der Waals surface area contributed by atoms with Crippen molar-refractivity contribution in [2.24, 2.45) is 0 Å². The van der Waals surface area contributed by atoms with E-state index in [2.05, 4.69) is 20.0 Å². The number of ether oxygens (including phenoxy) is 1. The summed E-state index contributed by atoms with van der Waals surface area (Å²) in [6, 6.07) is 14.0. The summed E-state index contributed by atoms with van der Waals surface area (Å²) < 4.78 is 4.67. The van der Waals surface area contributed by atoms with E-state index >= 15 is 0 Å². The van der Waals surface area contributed by atoms with Crippen molar-refractivity contribution in [2.45, 2.75) is 13.0 Å². The van der Waals surface area contributed by atoms with Crippen LogP contribution < -0.4 is 10.9 Å². The fourth-order valence-electron chi connectivity index (χ4n) is 2.53. The number of nitrogens with zero attached hydrogens (tertiary/aromatic N) is 1. The van der Waals surface area contributed by atoms with Crippen LogP contribution in [0.25, 0.3) is 10.9 Å². The maximum Gasteiger partial charge on any atom is 0.337 e. The maximum absolute atomic E-state index is 12.2. The molecule has 0 atom stereocenters. The molecule has 0 fully saturated rings. The lowest BCUT2D eigenvalue weighted by atomic mass is 10.1. The second-order valence-electron chi connectivity index (χ2n) is 5.68. The number of methoxy groups -OCH3 is 1. The average Bonchev–Trinajstić information content (AvgIpc) is 2.66. The lowest BCUT2D eigenvalue weighted by Gasteiger charge is -2.06. The average molecular weight is 351 g/mol. The first-order valence-electron chi connectivity index (χ1n) is 7.98. The summed E-state index contributed by atoms with van der Waals surface area (Å²) in [5.41, 5.74) is 1.24. The minimum absolute atomic E-state index is 0.0690. The molecule has 132 valence electrons. The molecule has 3 rings (SSSR count). The predicted octanol–water partition coefficient (Wildman–Crippen LogP) is 1.57. The molecule has 0 unspecified atom stereocenters. The number of carbonyl (C=O) groups excluding carboxylic acids is 2. The second kappa shape index (κ2) is 7.60. The fourth-order valence-corrected chi connectivity index (χ4v) is 2.53. The van der Waals surface area contributed by atoms with Gasteiger partial charge in [-0.15, -0.1) is 0 Å². The van der Waals surface area contributed by atoms with Gasteiger partial charge in [0.2, 0.25) is 5.91 Å². The SMILES string of the molecule is COC(=O)c1ccc2c(=O)[nH]c(CC(=O)NCc3ccccc3)nc2c1. The van der Waals surface area contributed by atoms with Crippen LogP contribution in [-0.4, -0.2) is 29.0 Å². The summed E-state index contributed by atoms with van der Waals surface area (Å²) in [7, 11) is 1.28. The molecular weight excluding hydrogens is 334 g/mol. The molecule has 0 bridgehead atoms. The smallest absolute Gasteiger partial charge is 0.337 e. The Balaban J connectivity index is 1.77. The normalized spacial score (nSPS) is 10.5. The largest absolute Gasteiger partial charge is 0.465 e. The number of H-pyrrole nitrogens is 1. The Bertz CT molecular complexity index is 1010. The molecule has 7 nitrogen and oxygen atoms in total. The van der Waals surface area contributed by atoms with Gasteiger partial charge in [-0.3, -0.25) is 9.59 Å². The van der Waals surface area contributed by atoms with Crippen LogP contribution in [0.15, 0.2) is 53.3 Å². The van der Waals surface area contributed by atoms with E-state index in [1.165, 1.54) is 25.3 Å². The van der Waals surface area contributed by atoms with Crippen LogP contribution in [0.4, 0.5) is 0 Å². The summed E-state index contributed by atoms with van der Waals surface area (Å²) in [5, 5.41) is 3.12. The van der Waals surface area contributed by atoms with Gasteiger partial charge >= 0.3 is 5.97 Å². The van der Waals surface area contributed by atoms with Crippen molar-refractivity contribution in [1.82, 2.24) is 15.3 Å². The summed E-state index contributed by atoms with van der Waals surface area (Å²) >= 11 is 0. The highest BCUT2D eigenvalue weighted by atomic mass is 16.5. The van der Waals surface area contributed by atoms with Gasteiger partial charge in [-0.1, -0.05) is 30.3 Å². The zero-order valence-electron chi connectivity index (χ0n) is 14.1. The topological polar surface area (TPSA) is 101 Å². The summed E-state index contributed by atoms with van der Waals surface area (Å²) in [4.78, 5) is 42.8. The number of benzene rings is 2. The molecular formula is C19H17N3O4. The lowest BCUT2D eigenvalue weighted by molar-refractivity contribution is -0.120. The first-order valence-corrected chi connectivity index (χ1v) is 7.98. The van der Waals surface area contributed by atoms with Crippen molar-refractivity contribution in [1.29, 1.82) is 0 Å². The molecule has 0 radical (unpaired) electrons. The van der Waals surface area contributed by atoms with Gasteiger partial charge in [-0.25, -0.2) is 9.78 Å². The van der Waals surface area contributed by atoms with Crippen LogP contribution in [0.5, 0.6) is 0 Å². The molecule has 0 spiro atoms. The number of hydrogen-bond donors (Lipinski definition) is 2. The fraction of sp³-hybridized carbons (Fsp3) is 0.158. The summed E-state index contributed by atoms with van der Waals surface area (Å²) in [6.07, 6.45) is -0.0690. The van der Waals surface area contributed by atoms with Crippen molar-refractivity contribution in [3.8, 4) is 0 Å². The third kappa shape index (κ3) is 3.94. The minimum atomic E-state index is -0.517. The molecule has 0 aliphatic rings. The highest BCUT2D eigenvalue weighted by Gasteiger charge is 2.11. The molecule has 2 N–H and O–H groups in total. The number of aromatic amines is 1. The van der Waals surface area contributed by atoms with Gasteiger partial charge in [0.15, 0.2) is 0 Å². The number of amides is 1. The van der Waals surface area contributed by atoms with Crippen molar-refractivity contribution >= 4 is 22.8 Å². The van der Waals surface area contributed by atoms with Gasteiger partial charge in [0.25, 0.3) is 5.56 Å². The van der Waals surface area contributed by atoms with E-state index < -0.39 is 5.97 Å². The molecule has 1 amide bonds. The van der Waals surface area contributed by atoms with E-state index in [0.29, 0.717) is 17.4 Å². The van der Waals surface area contributed by atoms with Crippen molar-refractivity contribution < 1.29 is 14.3 Å². The predicted molar refractivity (Wildman–Crippen MR) is 95.7 cm³/mol. The van der Waals surface area contributed by atoms with Crippen LogP contribution >= 0.6 is 0 Å². The number of esters is 1. The Morgan fingerprint density at radius 3 is 2.65 bits per heavy atom. The van der Waals surface area contributed by atoms with Crippen LogP contribution in [0.2, 0.25) is 0 Å². The van der Waals surface area contributed by atoms with Gasteiger partial charge in [0.05, 0.1) is 30.0 Å². The first-order chi connectivity index (χ1) is 12.6. The zero-order chi connectivity index (χ0) is 18.5. The lowest BCUT2D eigenvalue weighted by Crippen LogP contribution is -2.26. The maximum atomic E-state index is 12.2. The Labute approximate surface area is 149 Å². The molecule has 7 heteroatoms. The number of rotatable bonds is 5. The van der Waals surface area contributed by atoms with Gasteiger partial charge in [-0.05, 0) is 23.8 Å². The highest BCUT2D eigenvalue weighted by molar-refractivity contribution is 5.94. The van der Waals surface area contributed by atoms with Crippen molar-refractivity contribution in [2.75, 3.05) is 7.11 Å². The van der Waals surface area contributed by atoms with Crippen LogP contribution in [-0.2, 0) is 22.5 Å². The molecule has 1 aromatic heterocycles. The Kier molecular flexibility index (Phi) is 5.07. The van der Waals surface area contributed by atoms with E-state index in [-0.39, 0.29) is 29.3 Å². The molecule has 0 aliphatic carbocycles. The van der Waals surface area contributed by atoms with Crippen LogP contribution in [0, 0.1) is 0 Å². The molecule has 2 aromatic carbocycles. The molecule has 3 aromatic rings. The van der Waals surface area contributed by atoms with E-state index in [4.69, 9.17) is 0 Å². The summed E-state index contributed by atoms with van der Waals surface area (Å²) in [5.74, 6) is -0.549. The highest BCUT2D eigenvalue weighted by Crippen LogP contribution is 2.11. The molecule has 0 aliphatic heterocycles. The number of fused-ring (bicyclic) bond motifs is 1. The molecule has 0 saturated carbocycles. The van der Waals surface area contributed by atoms with Gasteiger partial charge in [-0.2, -0.15) is 0 Å². The third-order valence-corrected chi connectivity index (χ3v) is 3.84. The van der Waals surface area contributed by atoms with Crippen LogP contribution in [0.1, 0.15) is 21.7 Å². The van der Waals surface area contributed by atoms with Crippen molar-refractivity contribution in [3.05, 3.63) is 75.8 Å². The van der Waals surface area contributed by atoms with Gasteiger partial charge in [0.1, 0.15) is 5.82 Å². The summed E-state index contributed by atoms with van der Waals surface area (Å²) in [6.45, 7) is 0.393.